The maximum absolute atomic E-state index is 11.7. The molecule has 1 aromatic rings. The van der Waals surface area contributed by atoms with E-state index in [9.17, 15) is 4.79 Å². The van der Waals surface area contributed by atoms with Gasteiger partial charge in [-0.1, -0.05) is 11.6 Å². The Morgan fingerprint density at radius 2 is 2.27 bits per heavy atom. The van der Waals surface area contributed by atoms with Gasteiger partial charge in [0.2, 0.25) is 5.91 Å². The Morgan fingerprint density at radius 1 is 1.53 bits per heavy atom. The van der Waals surface area contributed by atoms with Crippen molar-refractivity contribution in [3.05, 3.63) is 23.2 Å². The summed E-state index contributed by atoms with van der Waals surface area (Å²) in [6.45, 7) is 2.00. The first-order valence-corrected chi connectivity index (χ1v) is 5.28. The molecule has 0 saturated carbocycles. The predicted molar refractivity (Wildman–Crippen MR) is 62.6 cm³/mol. The SMILES string of the molecule is CC1CC(=O)N(C)c2cc(Cl)ccc2N1. The third-order valence-corrected chi connectivity index (χ3v) is 2.81. The Morgan fingerprint density at radius 3 is 3.00 bits per heavy atom. The van der Waals surface area contributed by atoms with E-state index in [4.69, 9.17) is 11.6 Å². The Balaban J connectivity index is 2.50. The van der Waals surface area contributed by atoms with Gasteiger partial charge in [-0.2, -0.15) is 0 Å². The zero-order chi connectivity index (χ0) is 11.0. The van der Waals surface area contributed by atoms with Crippen LogP contribution in [-0.2, 0) is 4.79 Å². The minimum Gasteiger partial charge on any atom is -0.380 e. The van der Waals surface area contributed by atoms with Gasteiger partial charge in [-0.05, 0) is 25.1 Å². The van der Waals surface area contributed by atoms with E-state index in [1.54, 1.807) is 18.0 Å². The highest BCUT2D eigenvalue weighted by Crippen LogP contribution is 2.32. The largest absolute Gasteiger partial charge is 0.380 e. The van der Waals surface area contributed by atoms with Gasteiger partial charge in [-0.15, -0.1) is 0 Å². The van der Waals surface area contributed by atoms with Gasteiger partial charge in [-0.25, -0.2) is 0 Å². The quantitative estimate of drug-likeness (QED) is 0.735. The standard InChI is InChI=1S/C11H13ClN2O/c1-7-5-11(15)14(2)10-6-8(12)3-4-9(10)13-7/h3-4,6-7,13H,5H2,1-2H3. The summed E-state index contributed by atoms with van der Waals surface area (Å²) in [6, 6.07) is 5.69. The molecule has 1 unspecified atom stereocenters. The summed E-state index contributed by atoms with van der Waals surface area (Å²) in [7, 11) is 1.78. The predicted octanol–water partition coefficient (Wildman–Crippen LogP) is 2.51. The van der Waals surface area contributed by atoms with Crippen molar-refractivity contribution in [3.8, 4) is 0 Å². The van der Waals surface area contributed by atoms with Crippen molar-refractivity contribution in [2.24, 2.45) is 0 Å². The van der Waals surface area contributed by atoms with Gasteiger partial charge in [0.15, 0.2) is 0 Å². The molecular formula is C11H13ClN2O. The van der Waals surface area contributed by atoms with E-state index in [1.165, 1.54) is 0 Å². The molecule has 0 spiro atoms. The van der Waals surface area contributed by atoms with Crippen molar-refractivity contribution < 1.29 is 4.79 Å². The first-order valence-electron chi connectivity index (χ1n) is 4.90. The first kappa shape index (κ1) is 10.3. The van der Waals surface area contributed by atoms with E-state index in [0.29, 0.717) is 11.4 Å². The number of rotatable bonds is 0. The number of benzene rings is 1. The maximum Gasteiger partial charge on any atom is 0.228 e. The van der Waals surface area contributed by atoms with Gasteiger partial charge in [0.05, 0.1) is 11.4 Å². The summed E-state index contributed by atoms with van der Waals surface area (Å²) in [5.41, 5.74) is 1.80. The molecule has 3 nitrogen and oxygen atoms in total. The molecule has 15 heavy (non-hydrogen) atoms. The van der Waals surface area contributed by atoms with Crippen LogP contribution in [0.25, 0.3) is 0 Å². The zero-order valence-electron chi connectivity index (χ0n) is 8.75. The molecule has 0 fully saturated rings. The number of hydrogen-bond donors (Lipinski definition) is 1. The van der Waals surface area contributed by atoms with Crippen molar-refractivity contribution in [2.45, 2.75) is 19.4 Å². The summed E-state index contributed by atoms with van der Waals surface area (Å²) < 4.78 is 0. The van der Waals surface area contributed by atoms with Crippen LogP contribution >= 0.6 is 11.6 Å². The van der Waals surface area contributed by atoms with Crippen LogP contribution < -0.4 is 10.2 Å². The molecule has 1 amide bonds. The Labute approximate surface area is 94.0 Å². The van der Waals surface area contributed by atoms with E-state index < -0.39 is 0 Å². The van der Waals surface area contributed by atoms with E-state index >= 15 is 0 Å². The molecule has 1 aromatic carbocycles. The topological polar surface area (TPSA) is 32.3 Å². The molecule has 2 rings (SSSR count). The Kier molecular flexibility index (Phi) is 2.57. The van der Waals surface area contributed by atoms with E-state index in [-0.39, 0.29) is 11.9 Å². The van der Waals surface area contributed by atoms with E-state index in [0.717, 1.165) is 11.4 Å². The van der Waals surface area contributed by atoms with Crippen LogP contribution in [0.3, 0.4) is 0 Å². The minimum atomic E-state index is 0.107. The average Bonchev–Trinajstić information content (AvgIpc) is 2.27. The van der Waals surface area contributed by atoms with E-state index in [2.05, 4.69) is 5.32 Å². The van der Waals surface area contributed by atoms with Crippen LogP contribution in [0.15, 0.2) is 18.2 Å². The van der Waals surface area contributed by atoms with Crippen molar-refractivity contribution in [1.82, 2.24) is 0 Å². The molecule has 1 aliphatic heterocycles. The summed E-state index contributed by atoms with van der Waals surface area (Å²) in [4.78, 5) is 13.4. The number of anilines is 2. The van der Waals surface area contributed by atoms with Crippen molar-refractivity contribution in [1.29, 1.82) is 0 Å². The number of fused-ring (bicyclic) bond motifs is 1. The maximum atomic E-state index is 11.7. The van der Waals surface area contributed by atoms with Gasteiger partial charge in [0, 0.05) is 24.5 Å². The van der Waals surface area contributed by atoms with Crippen LogP contribution in [0.1, 0.15) is 13.3 Å². The number of carbonyl (C=O) groups is 1. The summed E-state index contributed by atoms with van der Waals surface area (Å²) in [5.74, 6) is 0.107. The molecule has 1 N–H and O–H groups in total. The van der Waals surface area contributed by atoms with Crippen molar-refractivity contribution >= 4 is 28.9 Å². The van der Waals surface area contributed by atoms with Crippen LogP contribution in [0.5, 0.6) is 0 Å². The van der Waals surface area contributed by atoms with Gasteiger partial charge >= 0.3 is 0 Å². The number of carbonyl (C=O) groups excluding carboxylic acids is 1. The average molecular weight is 225 g/mol. The lowest BCUT2D eigenvalue weighted by atomic mass is 10.2. The van der Waals surface area contributed by atoms with Gasteiger partial charge in [-0.3, -0.25) is 4.79 Å². The minimum absolute atomic E-state index is 0.107. The zero-order valence-corrected chi connectivity index (χ0v) is 9.51. The molecule has 1 heterocycles. The van der Waals surface area contributed by atoms with E-state index in [1.807, 2.05) is 19.1 Å². The lowest BCUT2D eigenvalue weighted by Gasteiger charge is -2.17. The molecule has 0 bridgehead atoms. The highest BCUT2D eigenvalue weighted by molar-refractivity contribution is 6.31. The molecule has 80 valence electrons. The van der Waals surface area contributed by atoms with Gasteiger partial charge in [0.1, 0.15) is 0 Å². The summed E-state index contributed by atoms with van der Waals surface area (Å²) in [5, 5.41) is 3.93. The second-order valence-corrected chi connectivity index (χ2v) is 4.30. The number of nitrogens with one attached hydrogen (secondary N) is 1. The highest BCUT2D eigenvalue weighted by Gasteiger charge is 2.22. The molecule has 0 aliphatic carbocycles. The van der Waals surface area contributed by atoms with Crippen molar-refractivity contribution in [2.75, 3.05) is 17.3 Å². The van der Waals surface area contributed by atoms with Crippen LogP contribution in [0.2, 0.25) is 5.02 Å². The fourth-order valence-electron chi connectivity index (χ4n) is 1.75. The van der Waals surface area contributed by atoms with Crippen LogP contribution in [0.4, 0.5) is 11.4 Å². The Bertz CT molecular complexity index is 406. The Hall–Kier alpha value is -1.22. The third kappa shape index (κ3) is 1.92. The van der Waals surface area contributed by atoms with Crippen molar-refractivity contribution in [3.63, 3.8) is 0 Å². The molecule has 1 atom stereocenters. The lowest BCUT2D eigenvalue weighted by Crippen LogP contribution is -2.27. The normalized spacial score (nSPS) is 20.6. The number of hydrogen-bond acceptors (Lipinski definition) is 2. The number of halogens is 1. The molecule has 0 aromatic heterocycles. The highest BCUT2D eigenvalue weighted by atomic mass is 35.5. The van der Waals surface area contributed by atoms with Gasteiger partial charge < -0.3 is 10.2 Å². The molecule has 0 saturated heterocycles. The van der Waals surface area contributed by atoms with Crippen LogP contribution in [0, 0.1) is 0 Å². The molecule has 4 heteroatoms. The second kappa shape index (κ2) is 3.74. The molecule has 0 radical (unpaired) electrons. The number of amides is 1. The molecule has 1 aliphatic rings. The fraction of sp³-hybridized carbons (Fsp3) is 0.364. The molecular weight excluding hydrogens is 212 g/mol. The lowest BCUT2D eigenvalue weighted by molar-refractivity contribution is -0.118. The summed E-state index contributed by atoms with van der Waals surface area (Å²) >= 11 is 5.91. The monoisotopic (exact) mass is 224 g/mol. The fourth-order valence-corrected chi connectivity index (χ4v) is 1.92. The first-order chi connectivity index (χ1) is 7.08. The second-order valence-electron chi connectivity index (χ2n) is 3.86. The van der Waals surface area contributed by atoms with Crippen LogP contribution in [-0.4, -0.2) is 19.0 Å². The smallest absolute Gasteiger partial charge is 0.228 e. The summed E-state index contributed by atoms with van der Waals surface area (Å²) in [6.07, 6.45) is 0.503. The number of nitrogens with zero attached hydrogens (tertiary/aromatic N) is 1. The third-order valence-electron chi connectivity index (χ3n) is 2.58. The van der Waals surface area contributed by atoms with Gasteiger partial charge in [0.25, 0.3) is 0 Å².